The second-order valence-corrected chi connectivity index (χ2v) is 5.28. The molecule has 1 rings (SSSR count). The number of carbonyl (C=O) groups excluding carboxylic acids is 1. The predicted molar refractivity (Wildman–Crippen MR) is 83.0 cm³/mol. The van der Waals surface area contributed by atoms with E-state index in [9.17, 15) is 4.79 Å². The normalized spacial score (nSPS) is 13.6. The van der Waals surface area contributed by atoms with Gasteiger partial charge < -0.3 is 15.8 Å². The van der Waals surface area contributed by atoms with Crippen molar-refractivity contribution in [3.05, 3.63) is 23.8 Å². The number of benzene rings is 1. The standard InChI is InChI=1S/C16H26N2O2/c1-5-11(3)10-12(4)18-16(19)15-13(17)8-7-9-14(15)20-6-2/h7-9,11-12H,5-6,10,17H2,1-4H3,(H,18,19). The SMILES string of the molecule is CCOc1cccc(N)c1C(=O)NC(C)CC(C)CC. The predicted octanol–water partition coefficient (Wildman–Crippen LogP) is 3.22. The van der Waals surface area contributed by atoms with Gasteiger partial charge in [-0.25, -0.2) is 0 Å². The summed E-state index contributed by atoms with van der Waals surface area (Å²) in [6.07, 6.45) is 2.07. The molecule has 0 saturated carbocycles. The number of rotatable bonds is 7. The summed E-state index contributed by atoms with van der Waals surface area (Å²) in [5.74, 6) is 0.966. The zero-order chi connectivity index (χ0) is 15.1. The maximum absolute atomic E-state index is 12.4. The highest BCUT2D eigenvalue weighted by Crippen LogP contribution is 2.24. The number of hydrogen-bond donors (Lipinski definition) is 2. The molecule has 0 heterocycles. The molecule has 1 aromatic rings. The molecule has 0 saturated heterocycles. The highest BCUT2D eigenvalue weighted by molar-refractivity contribution is 6.02. The van der Waals surface area contributed by atoms with Crippen LogP contribution in [0.3, 0.4) is 0 Å². The van der Waals surface area contributed by atoms with Crippen LogP contribution in [0.4, 0.5) is 5.69 Å². The van der Waals surface area contributed by atoms with E-state index >= 15 is 0 Å². The number of amides is 1. The van der Waals surface area contributed by atoms with E-state index in [-0.39, 0.29) is 11.9 Å². The van der Waals surface area contributed by atoms with Gasteiger partial charge in [0, 0.05) is 11.7 Å². The first kappa shape index (κ1) is 16.3. The monoisotopic (exact) mass is 278 g/mol. The topological polar surface area (TPSA) is 64.3 Å². The first-order valence-electron chi connectivity index (χ1n) is 7.31. The van der Waals surface area contributed by atoms with Crippen molar-refractivity contribution in [3.63, 3.8) is 0 Å². The molecule has 0 radical (unpaired) electrons. The molecule has 4 nitrogen and oxygen atoms in total. The Bertz CT molecular complexity index is 446. The van der Waals surface area contributed by atoms with Gasteiger partial charge in [0.25, 0.3) is 5.91 Å². The first-order valence-corrected chi connectivity index (χ1v) is 7.31. The van der Waals surface area contributed by atoms with Gasteiger partial charge in [-0.05, 0) is 38.3 Å². The fraction of sp³-hybridized carbons (Fsp3) is 0.562. The Morgan fingerprint density at radius 1 is 1.35 bits per heavy atom. The van der Waals surface area contributed by atoms with Gasteiger partial charge in [0.05, 0.1) is 6.61 Å². The summed E-state index contributed by atoms with van der Waals surface area (Å²) in [5.41, 5.74) is 6.80. The summed E-state index contributed by atoms with van der Waals surface area (Å²) in [6.45, 7) is 8.75. The Kier molecular flexibility index (Phi) is 6.36. The van der Waals surface area contributed by atoms with Gasteiger partial charge in [0.1, 0.15) is 11.3 Å². The van der Waals surface area contributed by atoms with Gasteiger partial charge in [-0.1, -0.05) is 26.3 Å². The van der Waals surface area contributed by atoms with Crippen LogP contribution >= 0.6 is 0 Å². The average molecular weight is 278 g/mol. The summed E-state index contributed by atoms with van der Waals surface area (Å²) < 4.78 is 5.48. The molecule has 0 aliphatic carbocycles. The summed E-state index contributed by atoms with van der Waals surface area (Å²) in [5, 5.41) is 3.00. The molecule has 0 bridgehead atoms. The van der Waals surface area contributed by atoms with E-state index in [2.05, 4.69) is 19.2 Å². The van der Waals surface area contributed by atoms with E-state index in [1.54, 1.807) is 18.2 Å². The average Bonchev–Trinajstić information content (AvgIpc) is 2.38. The highest BCUT2D eigenvalue weighted by Gasteiger charge is 2.18. The third kappa shape index (κ3) is 4.44. The number of nitrogens with one attached hydrogen (secondary N) is 1. The van der Waals surface area contributed by atoms with Gasteiger partial charge >= 0.3 is 0 Å². The van der Waals surface area contributed by atoms with Crippen LogP contribution in [0.5, 0.6) is 5.75 Å². The fourth-order valence-corrected chi connectivity index (χ4v) is 2.19. The number of hydrogen-bond acceptors (Lipinski definition) is 3. The molecule has 0 fully saturated rings. The van der Waals surface area contributed by atoms with Crippen molar-refractivity contribution in [1.29, 1.82) is 0 Å². The van der Waals surface area contributed by atoms with Crippen molar-refractivity contribution in [1.82, 2.24) is 5.32 Å². The molecule has 2 atom stereocenters. The minimum atomic E-state index is -0.164. The minimum absolute atomic E-state index is 0.117. The Morgan fingerprint density at radius 2 is 2.05 bits per heavy atom. The lowest BCUT2D eigenvalue weighted by atomic mass is 10.00. The van der Waals surface area contributed by atoms with E-state index in [1.165, 1.54) is 0 Å². The summed E-state index contributed by atoms with van der Waals surface area (Å²) >= 11 is 0. The van der Waals surface area contributed by atoms with E-state index in [1.807, 2.05) is 13.8 Å². The molecule has 2 unspecified atom stereocenters. The number of anilines is 1. The Morgan fingerprint density at radius 3 is 2.65 bits per heavy atom. The lowest BCUT2D eigenvalue weighted by Gasteiger charge is -2.19. The summed E-state index contributed by atoms with van der Waals surface area (Å²) in [7, 11) is 0. The molecular weight excluding hydrogens is 252 g/mol. The number of nitrogen functional groups attached to an aromatic ring is 1. The zero-order valence-electron chi connectivity index (χ0n) is 12.9. The highest BCUT2D eigenvalue weighted by atomic mass is 16.5. The maximum Gasteiger partial charge on any atom is 0.257 e. The quantitative estimate of drug-likeness (QED) is 0.753. The third-order valence-corrected chi connectivity index (χ3v) is 3.42. The van der Waals surface area contributed by atoms with Crippen LogP contribution in [-0.4, -0.2) is 18.6 Å². The van der Waals surface area contributed by atoms with Crippen LogP contribution in [-0.2, 0) is 0 Å². The van der Waals surface area contributed by atoms with E-state index < -0.39 is 0 Å². The Balaban J connectivity index is 2.81. The lowest BCUT2D eigenvalue weighted by molar-refractivity contribution is 0.0932. The third-order valence-electron chi connectivity index (χ3n) is 3.42. The van der Waals surface area contributed by atoms with Crippen LogP contribution < -0.4 is 15.8 Å². The lowest BCUT2D eigenvalue weighted by Crippen LogP contribution is -2.34. The van der Waals surface area contributed by atoms with Gasteiger partial charge in [-0.2, -0.15) is 0 Å². The van der Waals surface area contributed by atoms with E-state index in [0.717, 1.165) is 12.8 Å². The van der Waals surface area contributed by atoms with Crippen molar-refractivity contribution in [2.45, 2.75) is 46.6 Å². The molecule has 1 aromatic carbocycles. The Hall–Kier alpha value is -1.71. The largest absolute Gasteiger partial charge is 0.493 e. The second-order valence-electron chi connectivity index (χ2n) is 5.28. The van der Waals surface area contributed by atoms with Crippen molar-refractivity contribution < 1.29 is 9.53 Å². The van der Waals surface area contributed by atoms with Gasteiger partial charge in [0.15, 0.2) is 0 Å². The first-order chi connectivity index (χ1) is 9.49. The zero-order valence-corrected chi connectivity index (χ0v) is 12.9. The van der Waals surface area contributed by atoms with Crippen LogP contribution in [0.25, 0.3) is 0 Å². The molecule has 0 spiro atoms. The number of carbonyl (C=O) groups is 1. The molecule has 4 heteroatoms. The molecule has 0 aromatic heterocycles. The van der Waals surface area contributed by atoms with Gasteiger partial charge in [-0.3, -0.25) is 4.79 Å². The Labute approximate surface area is 121 Å². The van der Waals surface area contributed by atoms with Crippen molar-refractivity contribution in [2.24, 2.45) is 5.92 Å². The summed E-state index contributed by atoms with van der Waals surface area (Å²) in [6, 6.07) is 5.40. The van der Waals surface area contributed by atoms with Gasteiger partial charge in [-0.15, -0.1) is 0 Å². The molecule has 3 N–H and O–H groups in total. The molecular formula is C16H26N2O2. The molecule has 0 aliphatic heterocycles. The van der Waals surface area contributed by atoms with Crippen LogP contribution in [0.15, 0.2) is 18.2 Å². The van der Waals surface area contributed by atoms with Crippen molar-refractivity contribution >= 4 is 11.6 Å². The van der Waals surface area contributed by atoms with Crippen molar-refractivity contribution in [2.75, 3.05) is 12.3 Å². The summed E-state index contributed by atoms with van der Waals surface area (Å²) in [4.78, 5) is 12.4. The molecule has 1 amide bonds. The smallest absolute Gasteiger partial charge is 0.257 e. The number of nitrogens with two attached hydrogens (primary N) is 1. The van der Waals surface area contributed by atoms with Crippen LogP contribution in [0.1, 0.15) is 50.9 Å². The minimum Gasteiger partial charge on any atom is -0.493 e. The van der Waals surface area contributed by atoms with Crippen LogP contribution in [0.2, 0.25) is 0 Å². The maximum atomic E-state index is 12.4. The second kappa shape index (κ2) is 7.78. The van der Waals surface area contributed by atoms with Gasteiger partial charge in [0.2, 0.25) is 0 Å². The molecule has 20 heavy (non-hydrogen) atoms. The fourth-order valence-electron chi connectivity index (χ4n) is 2.19. The van der Waals surface area contributed by atoms with Crippen LogP contribution in [0, 0.1) is 5.92 Å². The van der Waals surface area contributed by atoms with Crippen molar-refractivity contribution in [3.8, 4) is 5.75 Å². The molecule has 112 valence electrons. The van der Waals surface area contributed by atoms with E-state index in [4.69, 9.17) is 10.5 Å². The number of ether oxygens (including phenoxy) is 1. The van der Waals surface area contributed by atoms with E-state index in [0.29, 0.717) is 29.5 Å². The molecule has 0 aliphatic rings.